The van der Waals surface area contributed by atoms with E-state index in [-0.39, 0.29) is 6.61 Å². The fourth-order valence-corrected chi connectivity index (χ4v) is 1.83. The highest BCUT2D eigenvalue weighted by Crippen LogP contribution is 2.15. The van der Waals surface area contributed by atoms with Gasteiger partial charge in [0, 0.05) is 0 Å². The molecular formula is C16H22O3. The molecule has 0 spiro atoms. The molecule has 0 fully saturated rings. The fraction of sp³-hybridized carbons (Fsp3) is 0.438. The SMILES string of the molecule is C/C=C(/C(=O)OCc1ccccc1)[C@H](O)CC(C)C. The lowest BCUT2D eigenvalue weighted by Crippen LogP contribution is -2.21. The van der Waals surface area contributed by atoms with Gasteiger partial charge in [-0.15, -0.1) is 0 Å². The third-order valence-corrected chi connectivity index (χ3v) is 2.81. The molecule has 0 aromatic heterocycles. The molecule has 19 heavy (non-hydrogen) atoms. The topological polar surface area (TPSA) is 46.5 Å². The minimum absolute atomic E-state index is 0.228. The summed E-state index contributed by atoms with van der Waals surface area (Å²) >= 11 is 0. The van der Waals surface area contributed by atoms with E-state index in [1.54, 1.807) is 13.0 Å². The summed E-state index contributed by atoms with van der Waals surface area (Å²) in [5.41, 5.74) is 1.27. The molecule has 0 radical (unpaired) electrons. The van der Waals surface area contributed by atoms with Crippen LogP contribution in [0.15, 0.2) is 42.0 Å². The summed E-state index contributed by atoms with van der Waals surface area (Å²) < 4.78 is 5.22. The lowest BCUT2D eigenvalue weighted by molar-refractivity contribution is -0.141. The van der Waals surface area contributed by atoms with Crippen LogP contribution in [0.5, 0.6) is 0 Å². The van der Waals surface area contributed by atoms with Gasteiger partial charge in [-0.3, -0.25) is 0 Å². The minimum atomic E-state index is -0.756. The molecule has 3 nitrogen and oxygen atoms in total. The van der Waals surface area contributed by atoms with Gasteiger partial charge in [0.05, 0.1) is 11.7 Å². The average molecular weight is 262 g/mol. The van der Waals surface area contributed by atoms with E-state index in [0.29, 0.717) is 17.9 Å². The van der Waals surface area contributed by atoms with Gasteiger partial charge in [-0.25, -0.2) is 4.79 Å². The van der Waals surface area contributed by atoms with Crippen LogP contribution in [0.4, 0.5) is 0 Å². The molecule has 0 aliphatic rings. The van der Waals surface area contributed by atoms with Crippen LogP contribution in [-0.4, -0.2) is 17.2 Å². The normalized spacial score (nSPS) is 13.4. The highest BCUT2D eigenvalue weighted by atomic mass is 16.5. The number of rotatable bonds is 6. The van der Waals surface area contributed by atoms with Crippen molar-refractivity contribution in [3.63, 3.8) is 0 Å². The van der Waals surface area contributed by atoms with Crippen LogP contribution in [0, 0.1) is 5.92 Å². The summed E-state index contributed by atoms with van der Waals surface area (Å²) in [6.07, 6.45) is 1.42. The standard InChI is InChI=1S/C16H22O3/c1-4-14(15(17)10-12(2)3)16(18)19-11-13-8-6-5-7-9-13/h4-9,12,15,17H,10-11H2,1-3H3/b14-4+/t15-/m1/s1. The number of aliphatic hydroxyl groups excluding tert-OH is 1. The summed E-state index contributed by atoms with van der Waals surface area (Å²) in [7, 11) is 0. The zero-order valence-corrected chi connectivity index (χ0v) is 11.8. The Labute approximate surface area is 114 Å². The zero-order chi connectivity index (χ0) is 14.3. The molecule has 1 rings (SSSR count). The Bertz CT molecular complexity index is 421. The van der Waals surface area contributed by atoms with E-state index in [1.807, 2.05) is 44.2 Å². The Morgan fingerprint density at radius 3 is 2.47 bits per heavy atom. The van der Waals surface area contributed by atoms with Crippen LogP contribution >= 0.6 is 0 Å². The number of aliphatic hydroxyl groups is 1. The average Bonchev–Trinajstić information content (AvgIpc) is 2.37. The van der Waals surface area contributed by atoms with E-state index in [0.717, 1.165) is 5.56 Å². The molecular weight excluding hydrogens is 240 g/mol. The number of hydrogen-bond acceptors (Lipinski definition) is 3. The van der Waals surface area contributed by atoms with Gasteiger partial charge in [-0.1, -0.05) is 50.3 Å². The Hall–Kier alpha value is -1.61. The maximum absolute atomic E-state index is 11.9. The Kier molecular flexibility index (Phi) is 6.30. The summed E-state index contributed by atoms with van der Waals surface area (Å²) in [5.74, 6) is -0.119. The predicted molar refractivity (Wildman–Crippen MR) is 75.5 cm³/mol. The molecule has 0 heterocycles. The molecule has 0 unspecified atom stereocenters. The fourth-order valence-electron chi connectivity index (χ4n) is 1.83. The second-order valence-corrected chi connectivity index (χ2v) is 4.95. The number of ether oxygens (including phenoxy) is 1. The second kappa shape index (κ2) is 7.74. The first-order chi connectivity index (χ1) is 9.04. The number of hydrogen-bond donors (Lipinski definition) is 1. The van der Waals surface area contributed by atoms with Gasteiger partial charge in [-0.05, 0) is 24.8 Å². The Morgan fingerprint density at radius 2 is 1.95 bits per heavy atom. The van der Waals surface area contributed by atoms with Crippen molar-refractivity contribution in [1.82, 2.24) is 0 Å². The first kappa shape index (κ1) is 15.4. The summed E-state index contributed by atoms with van der Waals surface area (Å²) in [6.45, 7) is 5.98. The first-order valence-corrected chi connectivity index (χ1v) is 6.60. The van der Waals surface area contributed by atoms with Crippen LogP contribution in [0.1, 0.15) is 32.8 Å². The Balaban J connectivity index is 2.55. The summed E-state index contributed by atoms with van der Waals surface area (Å²) in [5, 5.41) is 9.98. The van der Waals surface area contributed by atoms with Crippen LogP contribution < -0.4 is 0 Å². The first-order valence-electron chi connectivity index (χ1n) is 6.60. The lowest BCUT2D eigenvalue weighted by Gasteiger charge is -2.16. The van der Waals surface area contributed by atoms with E-state index < -0.39 is 12.1 Å². The van der Waals surface area contributed by atoms with Gasteiger partial charge < -0.3 is 9.84 Å². The van der Waals surface area contributed by atoms with Crippen LogP contribution in [0.25, 0.3) is 0 Å². The zero-order valence-electron chi connectivity index (χ0n) is 11.8. The van der Waals surface area contributed by atoms with E-state index in [9.17, 15) is 9.90 Å². The molecule has 0 bridgehead atoms. The van der Waals surface area contributed by atoms with E-state index >= 15 is 0 Å². The van der Waals surface area contributed by atoms with Crippen LogP contribution in [0.2, 0.25) is 0 Å². The van der Waals surface area contributed by atoms with Crippen molar-refractivity contribution in [2.75, 3.05) is 0 Å². The van der Waals surface area contributed by atoms with Crippen molar-refractivity contribution in [1.29, 1.82) is 0 Å². The minimum Gasteiger partial charge on any atom is -0.457 e. The van der Waals surface area contributed by atoms with Crippen molar-refractivity contribution in [2.45, 2.75) is 39.9 Å². The Morgan fingerprint density at radius 1 is 1.32 bits per heavy atom. The molecule has 1 N–H and O–H groups in total. The quantitative estimate of drug-likeness (QED) is 0.633. The van der Waals surface area contributed by atoms with Gasteiger partial charge >= 0.3 is 5.97 Å². The number of esters is 1. The molecule has 0 saturated carbocycles. The van der Waals surface area contributed by atoms with E-state index in [4.69, 9.17) is 4.74 Å². The molecule has 1 aromatic rings. The molecule has 0 aliphatic heterocycles. The van der Waals surface area contributed by atoms with Crippen molar-refractivity contribution in [3.05, 3.63) is 47.5 Å². The highest BCUT2D eigenvalue weighted by Gasteiger charge is 2.20. The lowest BCUT2D eigenvalue weighted by atomic mass is 9.99. The molecule has 104 valence electrons. The summed E-state index contributed by atoms with van der Waals surface area (Å²) in [4.78, 5) is 11.9. The number of allylic oxidation sites excluding steroid dienone is 1. The third kappa shape index (κ3) is 5.26. The number of carbonyl (C=O) groups excluding carboxylic acids is 1. The smallest absolute Gasteiger partial charge is 0.336 e. The number of benzene rings is 1. The third-order valence-electron chi connectivity index (χ3n) is 2.81. The van der Waals surface area contributed by atoms with Gasteiger partial charge in [-0.2, -0.15) is 0 Å². The van der Waals surface area contributed by atoms with Crippen LogP contribution in [0.3, 0.4) is 0 Å². The van der Waals surface area contributed by atoms with Crippen LogP contribution in [-0.2, 0) is 16.1 Å². The van der Waals surface area contributed by atoms with Gasteiger partial charge in [0.1, 0.15) is 6.61 Å². The van der Waals surface area contributed by atoms with Crippen molar-refractivity contribution in [3.8, 4) is 0 Å². The highest BCUT2D eigenvalue weighted by molar-refractivity contribution is 5.89. The van der Waals surface area contributed by atoms with Crippen molar-refractivity contribution < 1.29 is 14.6 Å². The maximum atomic E-state index is 11.9. The molecule has 1 atom stereocenters. The predicted octanol–water partition coefficient (Wildman–Crippen LogP) is 3.08. The van der Waals surface area contributed by atoms with Gasteiger partial charge in [0.2, 0.25) is 0 Å². The van der Waals surface area contributed by atoms with E-state index in [2.05, 4.69) is 0 Å². The summed E-state index contributed by atoms with van der Waals surface area (Å²) in [6, 6.07) is 9.50. The number of carbonyl (C=O) groups is 1. The van der Waals surface area contributed by atoms with Gasteiger partial charge in [0.25, 0.3) is 0 Å². The van der Waals surface area contributed by atoms with Crippen molar-refractivity contribution >= 4 is 5.97 Å². The molecule has 0 saturated heterocycles. The van der Waals surface area contributed by atoms with E-state index in [1.165, 1.54) is 0 Å². The maximum Gasteiger partial charge on any atom is 0.336 e. The largest absolute Gasteiger partial charge is 0.457 e. The monoisotopic (exact) mass is 262 g/mol. The molecule has 0 amide bonds. The molecule has 1 aromatic carbocycles. The van der Waals surface area contributed by atoms with Gasteiger partial charge in [0.15, 0.2) is 0 Å². The second-order valence-electron chi connectivity index (χ2n) is 4.95. The molecule has 3 heteroatoms. The van der Waals surface area contributed by atoms with Crippen molar-refractivity contribution in [2.24, 2.45) is 5.92 Å². The molecule has 0 aliphatic carbocycles.